The molecule has 0 saturated carbocycles. The highest BCUT2D eigenvalue weighted by atomic mass is 14.1. The van der Waals surface area contributed by atoms with Crippen molar-refractivity contribution in [1.29, 1.82) is 0 Å². The van der Waals surface area contributed by atoms with Gasteiger partial charge in [0.15, 0.2) is 0 Å². The van der Waals surface area contributed by atoms with Crippen LogP contribution in [0, 0.1) is 12.8 Å². The van der Waals surface area contributed by atoms with Crippen LogP contribution in [0.25, 0.3) is 5.57 Å². The fourth-order valence-electron chi connectivity index (χ4n) is 2.54. The Labute approximate surface area is 128 Å². The normalized spacial score (nSPS) is 18.3. The van der Waals surface area contributed by atoms with Crippen LogP contribution in [0.3, 0.4) is 0 Å². The number of aryl methyl sites for hydroxylation is 1. The van der Waals surface area contributed by atoms with Gasteiger partial charge in [-0.3, -0.25) is 0 Å². The standard InChI is InChI=1S/C21H24/c1-4-7-17(2)12-13-19-9-6-10-20(15-14-19)21-11-5-8-18(3)16-21/h4-11,14-16,19H,1,12-13H2,2-3H3/b17-7+. The molecule has 0 fully saturated rings. The molecule has 0 radical (unpaired) electrons. The van der Waals surface area contributed by atoms with E-state index in [4.69, 9.17) is 0 Å². The third-order valence-corrected chi connectivity index (χ3v) is 3.78. The predicted molar refractivity (Wildman–Crippen MR) is 94.1 cm³/mol. The molecule has 0 heteroatoms. The van der Waals surface area contributed by atoms with Crippen LogP contribution < -0.4 is 0 Å². The summed E-state index contributed by atoms with van der Waals surface area (Å²) in [5.74, 6) is 0.511. The zero-order chi connectivity index (χ0) is 15.1. The Balaban J connectivity index is 2.03. The quantitative estimate of drug-likeness (QED) is 0.576. The second-order valence-electron chi connectivity index (χ2n) is 5.69. The second kappa shape index (κ2) is 7.64. The predicted octanol–water partition coefficient (Wildman–Crippen LogP) is 6.03. The molecule has 0 N–H and O–H groups in total. The van der Waals surface area contributed by atoms with Gasteiger partial charge >= 0.3 is 0 Å². The summed E-state index contributed by atoms with van der Waals surface area (Å²) in [6.45, 7) is 8.05. The number of rotatable bonds is 5. The van der Waals surface area contributed by atoms with Crippen LogP contribution in [0.2, 0.25) is 0 Å². The van der Waals surface area contributed by atoms with Gasteiger partial charge in [0.1, 0.15) is 0 Å². The van der Waals surface area contributed by atoms with Crippen molar-refractivity contribution in [2.24, 2.45) is 5.92 Å². The first-order valence-electron chi connectivity index (χ1n) is 7.61. The Hall–Kier alpha value is -2.08. The van der Waals surface area contributed by atoms with Crippen molar-refractivity contribution in [2.45, 2.75) is 26.7 Å². The Kier molecular flexibility index (Phi) is 5.57. The van der Waals surface area contributed by atoms with E-state index in [1.165, 1.54) is 22.3 Å². The summed E-state index contributed by atoms with van der Waals surface area (Å²) in [6, 6.07) is 8.67. The van der Waals surface area contributed by atoms with Gasteiger partial charge in [0.05, 0.1) is 0 Å². The highest BCUT2D eigenvalue weighted by Crippen LogP contribution is 2.23. The van der Waals surface area contributed by atoms with Crippen LogP contribution in [0.5, 0.6) is 0 Å². The Bertz CT molecular complexity index is 609. The molecule has 108 valence electrons. The molecule has 0 spiro atoms. The van der Waals surface area contributed by atoms with E-state index < -0.39 is 0 Å². The Morgan fingerprint density at radius 1 is 1.29 bits per heavy atom. The zero-order valence-corrected chi connectivity index (χ0v) is 13.0. The van der Waals surface area contributed by atoms with Gasteiger partial charge in [-0.15, -0.1) is 0 Å². The van der Waals surface area contributed by atoms with E-state index in [-0.39, 0.29) is 0 Å². The first-order valence-corrected chi connectivity index (χ1v) is 7.61. The fourth-order valence-corrected chi connectivity index (χ4v) is 2.54. The maximum absolute atomic E-state index is 3.75. The molecule has 0 bridgehead atoms. The molecule has 0 heterocycles. The van der Waals surface area contributed by atoms with Crippen molar-refractivity contribution < 1.29 is 0 Å². The van der Waals surface area contributed by atoms with Crippen molar-refractivity contribution >= 4 is 5.57 Å². The zero-order valence-electron chi connectivity index (χ0n) is 13.0. The molecular weight excluding hydrogens is 252 g/mol. The number of hydrogen-bond acceptors (Lipinski definition) is 0. The average molecular weight is 276 g/mol. The maximum atomic E-state index is 3.75. The lowest BCUT2D eigenvalue weighted by Gasteiger charge is -2.07. The summed E-state index contributed by atoms with van der Waals surface area (Å²) >= 11 is 0. The van der Waals surface area contributed by atoms with Gasteiger partial charge < -0.3 is 0 Å². The van der Waals surface area contributed by atoms with Crippen LogP contribution in [0.4, 0.5) is 0 Å². The highest BCUT2D eigenvalue weighted by Gasteiger charge is 2.05. The van der Waals surface area contributed by atoms with Gasteiger partial charge in [0.2, 0.25) is 0 Å². The molecule has 0 saturated heterocycles. The average Bonchev–Trinajstić information content (AvgIpc) is 2.71. The topological polar surface area (TPSA) is 0 Å². The number of hydrogen-bond donors (Lipinski definition) is 0. The van der Waals surface area contributed by atoms with Gasteiger partial charge in [-0.1, -0.05) is 84.5 Å². The monoisotopic (exact) mass is 276 g/mol. The van der Waals surface area contributed by atoms with Crippen LogP contribution in [-0.2, 0) is 0 Å². The van der Waals surface area contributed by atoms with E-state index in [0.717, 1.165) is 12.8 Å². The molecule has 1 atom stereocenters. The summed E-state index contributed by atoms with van der Waals surface area (Å²) in [7, 11) is 0. The third kappa shape index (κ3) is 4.75. The van der Waals surface area contributed by atoms with Gasteiger partial charge in [0, 0.05) is 0 Å². The minimum atomic E-state index is 0.511. The lowest BCUT2D eigenvalue weighted by atomic mass is 9.98. The second-order valence-corrected chi connectivity index (χ2v) is 5.69. The summed E-state index contributed by atoms with van der Waals surface area (Å²) < 4.78 is 0. The smallest absolute Gasteiger partial charge is 0.00440 e. The molecule has 0 nitrogen and oxygen atoms in total. The lowest BCUT2D eigenvalue weighted by molar-refractivity contribution is 0.704. The highest BCUT2D eigenvalue weighted by molar-refractivity contribution is 5.76. The molecule has 1 aromatic carbocycles. The molecule has 1 aliphatic rings. The van der Waals surface area contributed by atoms with Gasteiger partial charge in [-0.05, 0) is 43.7 Å². The summed E-state index contributed by atoms with van der Waals surface area (Å²) in [6.07, 6.45) is 17.5. The molecular formula is C21H24. The number of benzene rings is 1. The van der Waals surface area contributed by atoms with E-state index in [0.29, 0.717) is 5.92 Å². The maximum Gasteiger partial charge on any atom is -0.00440 e. The van der Waals surface area contributed by atoms with E-state index in [1.807, 2.05) is 6.08 Å². The van der Waals surface area contributed by atoms with Crippen molar-refractivity contribution in [1.82, 2.24) is 0 Å². The molecule has 1 aliphatic carbocycles. The SMILES string of the molecule is C=C/C=C(\C)CCC1C=CC=C(c2cccc(C)c2)C=C1. The molecule has 2 rings (SSSR count). The Morgan fingerprint density at radius 2 is 2.14 bits per heavy atom. The van der Waals surface area contributed by atoms with Crippen molar-refractivity contribution in [2.75, 3.05) is 0 Å². The van der Waals surface area contributed by atoms with Crippen LogP contribution in [0.15, 0.2) is 78.9 Å². The minimum absolute atomic E-state index is 0.511. The summed E-state index contributed by atoms with van der Waals surface area (Å²) in [4.78, 5) is 0. The van der Waals surface area contributed by atoms with Crippen LogP contribution in [0.1, 0.15) is 30.9 Å². The first-order chi connectivity index (χ1) is 10.2. The largest absolute Gasteiger partial charge is 0.0991 e. The molecule has 1 aromatic rings. The number of allylic oxidation sites excluding steroid dienone is 9. The molecule has 0 aliphatic heterocycles. The van der Waals surface area contributed by atoms with Crippen molar-refractivity contribution in [3.05, 3.63) is 90.1 Å². The minimum Gasteiger partial charge on any atom is -0.0991 e. The lowest BCUT2D eigenvalue weighted by Crippen LogP contribution is -1.92. The van der Waals surface area contributed by atoms with E-state index in [2.05, 4.69) is 81.1 Å². The van der Waals surface area contributed by atoms with E-state index in [9.17, 15) is 0 Å². The molecule has 0 aromatic heterocycles. The third-order valence-electron chi connectivity index (χ3n) is 3.78. The first kappa shape index (κ1) is 15.3. The molecule has 21 heavy (non-hydrogen) atoms. The van der Waals surface area contributed by atoms with Crippen molar-refractivity contribution in [3.8, 4) is 0 Å². The van der Waals surface area contributed by atoms with Crippen molar-refractivity contribution in [3.63, 3.8) is 0 Å². The van der Waals surface area contributed by atoms with Gasteiger partial charge in [-0.25, -0.2) is 0 Å². The summed E-state index contributed by atoms with van der Waals surface area (Å²) in [5.41, 5.74) is 5.27. The molecule has 0 amide bonds. The fraction of sp³-hybridized carbons (Fsp3) is 0.238. The van der Waals surface area contributed by atoms with Crippen LogP contribution >= 0.6 is 0 Å². The van der Waals surface area contributed by atoms with E-state index in [1.54, 1.807) is 0 Å². The van der Waals surface area contributed by atoms with Gasteiger partial charge in [-0.2, -0.15) is 0 Å². The summed E-state index contributed by atoms with van der Waals surface area (Å²) in [5, 5.41) is 0. The van der Waals surface area contributed by atoms with Crippen LogP contribution in [-0.4, -0.2) is 0 Å². The molecule has 1 unspecified atom stereocenters. The van der Waals surface area contributed by atoms with E-state index >= 15 is 0 Å². The van der Waals surface area contributed by atoms with Gasteiger partial charge in [0.25, 0.3) is 0 Å². The Morgan fingerprint density at radius 3 is 2.90 bits per heavy atom.